The van der Waals surface area contributed by atoms with Gasteiger partial charge in [0.25, 0.3) is 0 Å². The van der Waals surface area contributed by atoms with Crippen molar-refractivity contribution in [1.82, 2.24) is 29.5 Å². The fraction of sp³-hybridized carbons (Fsp3) is 0. The highest BCUT2D eigenvalue weighted by molar-refractivity contribution is 7.26. The van der Waals surface area contributed by atoms with Crippen molar-refractivity contribution < 1.29 is 0 Å². The summed E-state index contributed by atoms with van der Waals surface area (Å²) in [6.07, 6.45) is 0. The second kappa shape index (κ2) is 14.3. The van der Waals surface area contributed by atoms with Gasteiger partial charge in [-0.1, -0.05) is 146 Å². The molecule has 0 fully saturated rings. The second-order valence-electron chi connectivity index (χ2n) is 15.6. The Labute approximate surface area is 369 Å². The predicted molar refractivity (Wildman–Crippen MR) is 263 cm³/mol. The molecule has 8 aromatic carbocycles. The van der Waals surface area contributed by atoms with Gasteiger partial charge in [0.2, 0.25) is 0 Å². The summed E-state index contributed by atoms with van der Waals surface area (Å²) in [6, 6.07) is 67.8. The van der Waals surface area contributed by atoms with E-state index in [1.54, 1.807) is 22.7 Å². The Bertz CT molecular complexity index is 3910. The van der Waals surface area contributed by atoms with Crippen LogP contribution in [0.4, 0.5) is 0 Å². The summed E-state index contributed by atoms with van der Waals surface area (Å²) in [4.78, 5) is 26.4. The number of nitrogens with zero attached hydrogens (tertiary/aromatic N) is 6. The normalized spacial score (nSPS) is 11.8. The first-order valence-corrected chi connectivity index (χ1v) is 22.5. The van der Waals surface area contributed by atoms with Crippen LogP contribution >= 0.6 is 22.7 Å². The van der Waals surface area contributed by atoms with Crippen molar-refractivity contribution in [2.75, 3.05) is 0 Å². The Balaban J connectivity index is 1.05. The van der Waals surface area contributed by atoms with E-state index in [9.17, 15) is 0 Å². The third kappa shape index (κ3) is 5.80. The SMILES string of the molecule is c1ccc(-c2nc(-c3cccc4sc5ccc(-c6nc(-c7ccccc7)nc7c6sc6ccccc67)cc5c34)nc(-c3cccc4c3c3ccccc3n4-c3ccccc3)n2)cc1. The molecule has 6 nitrogen and oxygen atoms in total. The van der Waals surface area contributed by atoms with Crippen LogP contribution in [0.3, 0.4) is 0 Å². The zero-order chi connectivity index (χ0) is 41.4. The molecule has 13 rings (SSSR count). The van der Waals surface area contributed by atoms with Crippen LogP contribution in [-0.2, 0) is 0 Å². The first-order chi connectivity index (χ1) is 31.2. The average molecular weight is 841 g/mol. The molecule has 0 aliphatic rings. The minimum Gasteiger partial charge on any atom is -0.309 e. The second-order valence-corrected chi connectivity index (χ2v) is 17.7. The summed E-state index contributed by atoms with van der Waals surface area (Å²) in [7, 11) is 0. The van der Waals surface area contributed by atoms with Crippen molar-refractivity contribution in [3.8, 4) is 62.5 Å². The zero-order valence-electron chi connectivity index (χ0n) is 33.5. The average Bonchev–Trinajstić information content (AvgIpc) is 4.04. The van der Waals surface area contributed by atoms with Crippen molar-refractivity contribution in [2.45, 2.75) is 0 Å². The molecule has 0 radical (unpaired) electrons. The highest BCUT2D eigenvalue weighted by atomic mass is 32.1. The summed E-state index contributed by atoms with van der Waals surface area (Å²) in [5.74, 6) is 2.58. The lowest BCUT2D eigenvalue weighted by atomic mass is 10.0. The van der Waals surface area contributed by atoms with E-state index in [0.29, 0.717) is 23.3 Å². The predicted octanol–water partition coefficient (Wildman–Crippen LogP) is 14.8. The van der Waals surface area contributed by atoms with Gasteiger partial charge in [-0.3, -0.25) is 0 Å². The van der Waals surface area contributed by atoms with Crippen LogP contribution in [-0.4, -0.2) is 29.5 Å². The molecule has 0 amide bonds. The molecular formula is C55H32N6S2. The molecule has 13 aromatic rings. The molecule has 0 aliphatic carbocycles. The highest BCUT2D eigenvalue weighted by Crippen LogP contribution is 2.45. The molecule has 0 spiro atoms. The van der Waals surface area contributed by atoms with Crippen molar-refractivity contribution in [1.29, 1.82) is 0 Å². The smallest absolute Gasteiger partial charge is 0.164 e. The summed E-state index contributed by atoms with van der Waals surface area (Å²) in [6.45, 7) is 0. The highest BCUT2D eigenvalue weighted by Gasteiger charge is 2.22. The lowest BCUT2D eigenvalue weighted by molar-refractivity contribution is 1.08. The van der Waals surface area contributed by atoms with E-state index >= 15 is 0 Å². The van der Waals surface area contributed by atoms with E-state index in [0.717, 1.165) is 92.1 Å². The van der Waals surface area contributed by atoms with Crippen LogP contribution < -0.4 is 0 Å². The standard InChI is InChI=1S/C55H32N6S2/c1-4-16-33(17-5-1)52-56-49(51-50(57-52)38-23-11-13-28-44(38)63-51)35-30-31-45-41(32-35)48-40(25-15-29-46(48)62-45)55-59-53(34-18-6-2-7-19-34)58-54(60-55)39-24-14-27-43-47(39)37-22-10-12-26-42(37)61(43)36-20-8-3-9-21-36/h1-32H. The summed E-state index contributed by atoms with van der Waals surface area (Å²) in [5.41, 5.74) is 10.1. The number of aromatic nitrogens is 6. The number of thiophene rings is 2. The van der Waals surface area contributed by atoms with Gasteiger partial charge >= 0.3 is 0 Å². The minimum absolute atomic E-state index is 0.623. The zero-order valence-corrected chi connectivity index (χ0v) is 35.1. The molecule has 0 saturated heterocycles. The van der Waals surface area contributed by atoms with Gasteiger partial charge in [-0.25, -0.2) is 24.9 Å². The molecule has 0 bridgehead atoms. The first-order valence-electron chi connectivity index (χ1n) is 20.8. The molecule has 0 unspecified atom stereocenters. The topological polar surface area (TPSA) is 69.4 Å². The number of fused-ring (bicyclic) bond motifs is 9. The maximum absolute atomic E-state index is 5.42. The first kappa shape index (κ1) is 35.8. The molecule has 5 aromatic heterocycles. The van der Waals surface area contributed by atoms with Gasteiger partial charge in [-0.05, 0) is 48.5 Å². The van der Waals surface area contributed by atoms with E-state index in [4.69, 9.17) is 24.9 Å². The van der Waals surface area contributed by atoms with Crippen molar-refractivity contribution in [3.05, 3.63) is 194 Å². The number of rotatable bonds is 6. The third-order valence-electron chi connectivity index (χ3n) is 11.9. The van der Waals surface area contributed by atoms with E-state index < -0.39 is 0 Å². The van der Waals surface area contributed by atoms with Crippen LogP contribution in [0, 0.1) is 0 Å². The number of benzene rings is 8. The van der Waals surface area contributed by atoms with Crippen molar-refractivity contribution >= 4 is 85.0 Å². The molecule has 8 heteroatoms. The summed E-state index contributed by atoms with van der Waals surface area (Å²) < 4.78 is 6.94. The lowest BCUT2D eigenvalue weighted by Gasteiger charge is -2.11. The molecule has 294 valence electrons. The van der Waals surface area contributed by atoms with E-state index in [1.165, 1.54) is 9.40 Å². The van der Waals surface area contributed by atoms with E-state index in [2.05, 4.69) is 162 Å². The van der Waals surface area contributed by atoms with Crippen LogP contribution in [0.25, 0.3) is 125 Å². The number of para-hydroxylation sites is 2. The fourth-order valence-corrected chi connectivity index (χ4v) is 11.3. The van der Waals surface area contributed by atoms with Crippen molar-refractivity contribution in [3.63, 3.8) is 0 Å². The quantitative estimate of drug-likeness (QED) is 0.167. The molecule has 0 saturated carbocycles. The van der Waals surface area contributed by atoms with Gasteiger partial charge in [0.15, 0.2) is 23.3 Å². The Kier molecular flexibility index (Phi) is 8.15. The third-order valence-corrected chi connectivity index (χ3v) is 14.2. The fourth-order valence-electron chi connectivity index (χ4n) is 9.06. The molecular weight excluding hydrogens is 809 g/mol. The van der Waals surface area contributed by atoms with E-state index in [-0.39, 0.29) is 0 Å². The largest absolute Gasteiger partial charge is 0.309 e. The molecule has 0 N–H and O–H groups in total. The Hall–Kier alpha value is -7.91. The lowest BCUT2D eigenvalue weighted by Crippen LogP contribution is -2.01. The number of hydrogen-bond donors (Lipinski definition) is 0. The van der Waals surface area contributed by atoms with Crippen LogP contribution in [0.15, 0.2) is 194 Å². The molecule has 63 heavy (non-hydrogen) atoms. The van der Waals surface area contributed by atoms with Crippen LogP contribution in [0.1, 0.15) is 0 Å². The van der Waals surface area contributed by atoms with Gasteiger partial charge in [-0.2, -0.15) is 0 Å². The monoisotopic (exact) mass is 840 g/mol. The Morgan fingerprint density at radius 3 is 1.68 bits per heavy atom. The van der Waals surface area contributed by atoms with Gasteiger partial charge in [0.1, 0.15) is 0 Å². The van der Waals surface area contributed by atoms with Gasteiger partial charge < -0.3 is 4.57 Å². The molecule has 0 aliphatic heterocycles. The van der Waals surface area contributed by atoms with Gasteiger partial charge in [-0.15, -0.1) is 22.7 Å². The van der Waals surface area contributed by atoms with Gasteiger partial charge in [0, 0.05) is 74.5 Å². The molecule has 0 atom stereocenters. The number of hydrogen-bond acceptors (Lipinski definition) is 7. The maximum Gasteiger partial charge on any atom is 0.164 e. The van der Waals surface area contributed by atoms with Crippen LogP contribution in [0.5, 0.6) is 0 Å². The molecule has 5 heterocycles. The summed E-state index contributed by atoms with van der Waals surface area (Å²) in [5, 5.41) is 5.63. The Morgan fingerprint density at radius 1 is 0.349 bits per heavy atom. The van der Waals surface area contributed by atoms with Crippen LogP contribution in [0.2, 0.25) is 0 Å². The maximum atomic E-state index is 5.42. The van der Waals surface area contributed by atoms with E-state index in [1.807, 2.05) is 36.4 Å². The van der Waals surface area contributed by atoms with Gasteiger partial charge in [0.05, 0.1) is 26.9 Å². The van der Waals surface area contributed by atoms with Crippen molar-refractivity contribution in [2.24, 2.45) is 0 Å². The Morgan fingerprint density at radius 2 is 0.921 bits per heavy atom. The minimum atomic E-state index is 0.623. The summed E-state index contributed by atoms with van der Waals surface area (Å²) >= 11 is 3.53.